The smallest absolute Gasteiger partial charge is 0.297 e. The first kappa shape index (κ1) is 10.3. The highest BCUT2D eigenvalue weighted by molar-refractivity contribution is 5.32. The zero-order valence-corrected chi connectivity index (χ0v) is 8.64. The lowest BCUT2D eigenvalue weighted by molar-refractivity contribution is 0.318. The number of aromatic hydroxyl groups is 1. The van der Waals surface area contributed by atoms with Crippen LogP contribution in [-0.4, -0.2) is 5.11 Å². The number of para-hydroxylation sites is 1. The maximum atomic E-state index is 11.4. The Labute approximate surface area is 91.7 Å². The van der Waals surface area contributed by atoms with Crippen LogP contribution in [0.5, 0.6) is 17.4 Å². The second kappa shape index (κ2) is 4.10. The quantitative estimate of drug-likeness (QED) is 0.841. The topological polar surface area (TPSA) is 59.7 Å². The molecular weight excluding hydrogens is 208 g/mol. The van der Waals surface area contributed by atoms with Crippen LogP contribution in [0.2, 0.25) is 0 Å². The third-order valence-corrected chi connectivity index (χ3v) is 2.11. The molecule has 4 nitrogen and oxygen atoms in total. The van der Waals surface area contributed by atoms with Crippen molar-refractivity contribution in [1.29, 1.82) is 0 Å². The molecule has 0 unspecified atom stereocenters. The van der Waals surface area contributed by atoms with Gasteiger partial charge in [0, 0.05) is 0 Å². The van der Waals surface area contributed by atoms with Gasteiger partial charge in [0.15, 0.2) is 5.75 Å². The molecule has 0 aliphatic rings. The van der Waals surface area contributed by atoms with Gasteiger partial charge in [-0.25, -0.2) is 0 Å². The Bertz CT molecular complexity index is 543. The van der Waals surface area contributed by atoms with E-state index in [2.05, 4.69) is 0 Å². The van der Waals surface area contributed by atoms with Gasteiger partial charge in [0.25, 0.3) is 5.95 Å². The van der Waals surface area contributed by atoms with Gasteiger partial charge >= 0.3 is 0 Å². The number of ether oxygens (including phenoxy) is 1. The highest BCUT2D eigenvalue weighted by Crippen LogP contribution is 2.23. The molecule has 0 radical (unpaired) electrons. The summed E-state index contributed by atoms with van der Waals surface area (Å²) in [7, 11) is 0. The fourth-order valence-electron chi connectivity index (χ4n) is 1.23. The summed E-state index contributed by atoms with van der Waals surface area (Å²) >= 11 is 0. The van der Waals surface area contributed by atoms with E-state index >= 15 is 0 Å². The number of rotatable bonds is 2. The number of hydrogen-bond acceptors (Lipinski definition) is 4. The van der Waals surface area contributed by atoms with Crippen LogP contribution in [-0.2, 0) is 0 Å². The van der Waals surface area contributed by atoms with Crippen molar-refractivity contribution in [2.24, 2.45) is 0 Å². The predicted octanol–water partition coefficient (Wildman–Crippen LogP) is 2.45. The second-order valence-electron chi connectivity index (χ2n) is 3.28. The largest absolute Gasteiger partial charge is 0.502 e. The summed E-state index contributed by atoms with van der Waals surface area (Å²) in [6.07, 6.45) is 0.966. The molecule has 0 spiro atoms. The van der Waals surface area contributed by atoms with Crippen LogP contribution in [0.25, 0.3) is 0 Å². The molecular formula is C12H10O4. The first-order valence-electron chi connectivity index (χ1n) is 4.73. The minimum atomic E-state index is -0.489. The lowest BCUT2D eigenvalue weighted by atomic mass is 10.3. The van der Waals surface area contributed by atoms with Crippen molar-refractivity contribution >= 4 is 0 Å². The summed E-state index contributed by atoms with van der Waals surface area (Å²) in [5.41, 5.74) is -0.249. The van der Waals surface area contributed by atoms with Crippen LogP contribution < -0.4 is 10.2 Å². The highest BCUT2D eigenvalue weighted by Gasteiger charge is 2.10. The Balaban J connectivity index is 2.37. The summed E-state index contributed by atoms with van der Waals surface area (Å²) < 4.78 is 10.4. The summed E-state index contributed by atoms with van der Waals surface area (Å²) in [6, 6.07) is 8.96. The molecule has 0 atom stereocenters. The third kappa shape index (κ3) is 1.91. The first-order valence-corrected chi connectivity index (χ1v) is 4.73. The van der Waals surface area contributed by atoms with Crippen molar-refractivity contribution in [3.63, 3.8) is 0 Å². The molecule has 0 amide bonds. The molecule has 0 bridgehead atoms. The van der Waals surface area contributed by atoms with Crippen molar-refractivity contribution in [3.8, 4) is 17.4 Å². The van der Waals surface area contributed by atoms with E-state index in [9.17, 15) is 4.79 Å². The van der Waals surface area contributed by atoms with Gasteiger partial charge in [-0.3, -0.25) is 4.79 Å². The van der Waals surface area contributed by atoms with E-state index in [1.165, 1.54) is 6.92 Å². The fourth-order valence-corrected chi connectivity index (χ4v) is 1.23. The molecule has 0 saturated carbocycles. The van der Waals surface area contributed by atoms with Crippen LogP contribution in [0.3, 0.4) is 0 Å². The Morgan fingerprint density at radius 1 is 1.25 bits per heavy atom. The average Bonchev–Trinajstić information content (AvgIpc) is 2.31. The molecule has 1 N–H and O–H groups in total. The molecule has 0 fully saturated rings. The van der Waals surface area contributed by atoms with E-state index in [-0.39, 0.29) is 11.5 Å². The Morgan fingerprint density at radius 3 is 2.62 bits per heavy atom. The molecule has 4 heteroatoms. The molecule has 1 aromatic carbocycles. The van der Waals surface area contributed by atoms with Gasteiger partial charge in [0.2, 0.25) is 5.43 Å². The second-order valence-corrected chi connectivity index (χ2v) is 3.28. The van der Waals surface area contributed by atoms with Crippen molar-refractivity contribution in [2.45, 2.75) is 6.92 Å². The van der Waals surface area contributed by atoms with E-state index < -0.39 is 11.2 Å². The van der Waals surface area contributed by atoms with Gasteiger partial charge in [-0.05, 0) is 19.1 Å². The summed E-state index contributed by atoms with van der Waals surface area (Å²) in [5.74, 6) is 0.242. The van der Waals surface area contributed by atoms with Gasteiger partial charge in [0.1, 0.15) is 12.0 Å². The van der Waals surface area contributed by atoms with Gasteiger partial charge < -0.3 is 14.3 Å². The molecule has 16 heavy (non-hydrogen) atoms. The van der Waals surface area contributed by atoms with Crippen molar-refractivity contribution < 1.29 is 14.3 Å². The van der Waals surface area contributed by atoms with E-state index in [0.29, 0.717) is 5.75 Å². The number of benzene rings is 1. The maximum Gasteiger partial charge on any atom is 0.297 e. The fraction of sp³-hybridized carbons (Fsp3) is 0.0833. The Morgan fingerprint density at radius 2 is 1.94 bits per heavy atom. The molecule has 0 aliphatic heterocycles. The normalized spacial score (nSPS) is 10.1. The summed E-state index contributed by atoms with van der Waals surface area (Å²) in [5, 5.41) is 9.13. The van der Waals surface area contributed by atoms with Gasteiger partial charge in [-0.1, -0.05) is 18.2 Å². The average molecular weight is 218 g/mol. The number of hydrogen-bond donors (Lipinski definition) is 1. The van der Waals surface area contributed by atoms with Gasteiger partial charge in [0.05, 0.1) is 5.56 Å². The van der Waals surface area contributed by atoms with Gasteiger partial charge in [-0.2, -0.15) is 0 Å². The lowest BCUT2D eigenvalue weighted by Crippen LogP contribution is -2.05. The van der Waals surface area contributed by atoms with Gasteiger partial charge in [-0.15, -0.1) is 0 Å². The molecule has 1 aromatic heterocycles. The first-order chi connectivity index (χ1) is 7.68. The van der Waals surface area contributed by atoms with E-state index in [1.807, 2.05) is 18.2 Å². The maximum absolute atomic E-state index is 11.4. The zero-order chi connectivity index (χ0) is 11.5. The standard InChI is InChI=1S/C12H10O4/c1-8-11(14)10(13)7-15-12(8)16-9-5-3-2-4-6-9/h2-7,13H,1H3. The molecule has 1 heterocycles. The molecule has 82 valence electrons. The minimum Gasteiger partial charge on any atom is -0.502 e. The molecule has 0 aliphatic carbocycles. The zero-order valence-electron chi connectivity index (χ0n) is 8.64. The molecule has 2 rings (SSSR count). The minimum absolute atomic E-state index is 0.0917. The van der Waals surface area contributed by atoms with Crippen molar-refractivity contribution in [1.82, 2.24) is 0 Å². The van der Waals surface area contributed by atoms with Crippen LogP contribution in [0.4, 0.5) is 0 Å². The highest BCUT2D eigenvalue weighted by atomic mass is 16.6. The third-order valence-electron chi connectivity index (χ3n) is 2.11. The van der Waals surface area contributed by atoms with E-state index in [4.69, 9.17) is 14.3 Å². The van der Waals surface area contributed by atoms with E-state index in [1.54, 1.807) is 12.1 Å². The Kier molecular flexibility index (Phi) is 2.64. The molecule has 0 saturated heterocycles. The monoisotopic (exact) mass is 218 g/mol. The van der Waals surface area contributed by atoms with Crippen LogP contribution in [0, 0.1) is 6.92 Å². The van der Waals surface area contributed by atoms with E-state index in [0.717, 1.165) is 6.26 Å². The SMILES string of the molecule is Cc1c(Oc2ccccc2)occ(O)c1=O. The predicted molar refractivity (Wildman–Crippen MR) is 57.9 cm³/mol. The Hall–Kier alpha value is -2.23. The van der Waals surface area contributed by atoms with Crippen LogP contribution in [0.15, 0.2) is 45.8 Å². The van der Waals surface area contributed by atoms with Crippen molar-refractivity contribution in [3.05, 3.63) is 52.4 Å². The van der Waals surface area contributed by atoms with Crippen LogP contribution >= 0.6 is 0 Å². The van der Waals surface area contributed by atoms with Crippen LogP contribution in [0.1, 0.15) is 5.56 Å². The van der Waals surface area contributed by atoms with Crippen molar-refractivity contribution in [2.75, 3.05) is 0 Å². The lowest BCUT2D eigenvalue weighted by Gasteiger charge is -2.05. The summed E-state index contributed by atoms with van der Waals surface area (Å²) in [6.45, 7) is 1.53. The molecule has 2 aromatic rings. The summed E-state index contributed by atoms with van der Waals surface area (Å²) in [4.78, 5) is 11.4.